The lowest BCUT2D eigenvalue weighted by Gasteiger charge is -2.19. The highest BCUT2D eigenvalue weighted by Gasteiger charge is 2.41. The van der Waals surface area contributed by atoms with Crippen LogP contribution in [0.5, 0.6) is 11.5 Å². The first kappa shape index (κ1) is 23.1. The largest absolute Gasteiger partial charge is 0.497 e. The summed E-state index contributed by atoms with van der Waals surface area (Å²) < 4.78 is 10.8. The fourth-order valence-electron chi connectivity index (χ4n) is 4.21. The average Bonchev–Trinajstić information content (AvgIpc) is 3.05. The van der Waals surface area contributed by atoms with Gasteiger partial charge >= 0.3 is 0 Å². The highest BCUT2D eigenvalue weighted by molar-refractivity contribution is 6.46. The Hall–Kier alpha value is -4.06. The second-order valence-electron chi connectivity index (χ2n) is 8.50. The summed E-state index contributed by atoms with van der Waals surface area (Å²) in [6.45, 7) is 7.77. The quantitative estimate of drug-likeness (QED) is 0.508. The third-order valence-corrected chi connectivity index (χ3v) is 6.01. The van der Waals surface area contributed by atoms with Crippen molar-refractivity contribution in [3.05, 3.63) is 88.1 Å². The van der Waals surface area contributed by atoms with E-state index >= 15 is 0 Å². The van der Waals surface area contributed by atoms with Crippen molar-refractivity contribution in [3.8, 4) is 11.5 Å². The lowest BCUT2D eigenvalue weighted by Crippen LogP contribution is -2.33. The number of benzene rings is 3. The second kappa shape index (κ2) is 9.06. The van der Waals surface area contributed by atoms with Crippen molar-refractivity contribution in [1.29, 1.82) is 0 Å². The van der Waals surface area contributed by atoms with Gasteiger partial charge in [-0.15, -0.1) is 0 Å². The highest BCUT2D eigenvalue weighted by Crippen LogP contribution is 2.38. The molecule has 0 saturated heterocycles. The number of anilines is 2. The fourth-order valence-corrected chi connectivity index (χ4v) is 4.21. The van der Waals surface area contributed by atoms with Gasteiger partial charge in [0.25, 0.3) is 11.8 Å². The first-order chi connectivity index (χ1) is 16.2. The van der Waals surface area contributed by atoms with E-state index in [0.717, 1.165) is 22.3 Å². The summed E-state index contributed by atoms with van der Waals surface area (Å²) >= 11 is 0. The number of imide groups is 1. The molecule has 0 spiro atoms. The van der Waals surface area contributed by atoms with Crippen molar-refractivity contribution in [2.45, 2.75) is 27.7 Å². The number of nitrogens with zero attached hydrogens (tertiary/aromatic N) is 1. The van der Waals surface area contributed by atoms with Gasteiger partial charge in [0.1, 0.15) is 17.2 Å². The minimum Gasteiger partial charge on any atom is -0.497 e. The van der Waals surface area contributed by atoms with Crippen LogP contribution in [0.4, 0.5) is 11.4 Å². The zero-order valence-electron chi connectivity index (χ0n) is 20.3. The summed E-state index contributed by atoms with van der Waals surface area (Å²) in [6.07, 6.45) is 0. The molecule has 2 amide bonds. The third-order valence-electron chi connectivity index (χ3n) is 6.01. The topological polar surface area (TPSA) is 67.9 Å². The first-order valence-corrected chi connectivity index (χ1v) is 11.0. The highest BCUT2D eigenvalue weighted by atomic mass is 16.5. The van der Waals surface area contributed by atoms with E-state index in [1.165, 1.54) is 4.90 Å². The molecule has 1 N–H and O–H groups in total. The van der Waals surface area contributed by atoms with Crippen LogP contribution in [0.1, 0.15) is 27.8 Å². The summed E-state index contributed by atoms with van der Waals surface area (Å²) in [7, 11) is 3.12. The van der Waals surface area contributed by atoms with Gasteiger partial charge in [0, 0.05) is 6.07 Å². The van der Waals surface area contributed by atoms with Crippen LogP contribution < -0.4 is 19.7 Å². The summed E-state index contributed by atoms with van der Waals surface area (Å²) in [6, 6.07) is 16.8. The third kappa shape index (κ3) is 4.03. The fraction of sp³-hybridized carbons (Fsp3) is 0.214. The van der Waals surface area contributed by atoms with E-state index in [4.69, 9.17) is 9.47 Å². The Morgan fingerprint density at radius 3 is 2.12 bits per heavy atom. The zero-order chi connectivity index (χ0) is 24.6. The Morgan fingerprint density at radius 1 is 0.735 bits per heavy atom. The summed E-state index contributed by atoms with van der Waals surface area (Å²) in [5.41, 5.74) is 6.20. The Balaban J connectivity index is 1.90. The molecule has 0 radical (unpaired) electrons. The first-order valence-electron chi connectivity index (χ1n) is 11.0. The van der Waals surface area contributed by atoms with Crippen LogP contribution in [-0.2, 0) is 9.59 Å². The van der Waals surface area contributed by atoms with E-state index in [1.54, 1.807) is 32.4 Å². The van der Waals surface area contributed by atoms with E-state index in [-0.39, 0.29) is 11.6 Å². The summed E-state index contributed by atoms with van der Waals surface area (Å²) in [5, 5.41) is 3.20. The van der Waals surface area contributed by atoms with Crippen molar-refractivity contribution in [2.24, 2.45) is 0 Å². The Kier molecular flexibility index (Phi) is 6.16. The van der Waals surface area contributed by atoms with E-state index in [9.17, 15) is 9.59 Å². The van der Waals surface area contributed by atoms with Crippen molar-refractivity contribution >= 4 is 28.8 Å². The number of carbonyl (C=O) groups is 2. The molecular formula is C28H28N2O4. The number of ether oxygens (including phenoxy) is 2. The molecule has 1 aliphatic heterocycles. The summed E-state index contributed by atoms with van der Waals surface area (Å²) in [4.78, 5) is 28.9. The lowest BCUT2D eigenvalue weighted by atomic mass is 9.97. The van der Waals surface area contributed by atoms with Crippen LogP contribution in [-0.4, -0.2) is 26.0 Å². The van der Waals surface area contributed by atoms with Gasteiger partial charge in [-0.3, -0.25) is 9.59 Å². The van der Waals surface area contributed by atoms with Gasteiger partial charge < -0.3 is 14.8 Å². The SMILES string of the molecule is COc1ccc(NC2=C(c3ccc(C)cc3C)C(=O)N(c3cc(C)ccc3C)C2=O)c(OC)c1. The lowest BCUT2D eigenvalue weighted by molar-refractivity contribution is -0.120. The second-order valence-corrected chi connectivity index (χ2v) is 8.50. The number of rotatable bonds is 6. The van der Waals surface area contributed by atoms with E-state index < -0.39 is 5.91 Å². The number of amides is 2. The van der Waals surface area contributed by atoms with Gasteiger partial charge in [0.05, 0.1) is 31.2 Å². The van der Waals surface area contributed by atoms with Gasteiger partial charge in [0.15, 0.2) is 0 Å². The number of methoxy groups -OCH3 is 2. The van der Waals surface area contributed by atoms with Crippen molar-refractivity contribution in [3.63, 3.8) is 0 Å². The monoisotopic (exact) mass is 456 g/mol. The minimum atomic E-state index is -0.411. The molecule has 34 heavy (non-hydrogen) atoms. The van der Waals surface area contributed by atoms with E-state index in [0.29, 0.717) is 34.0 Å². The molecule has 0 aromatic heterocycles. The normalized spacial score (nSPS) is 13.5. The number of aryl methyl sites for hydroxylation is 4. The van der Waals surface area contributed by atoms with Crippen molar-refractivity contribution < 1.29 is 19.1 Å². The molecule has 0 saturated carbocycles. The predicted molar refractivity (Wildman–Crippen MR) is 134 cm³/mol. The maximum atomic E-state index is 13.8. The Bertz CT molecular complexity index is 1340. The smallest absolute Gasteiger partial charge is 0.282 e. The van der Waals surface area contributed by atoms with Gasteiger partial charge in [-0.2, -0.15) is 0 Å². The molecule has 3 aromatic rings. The standard InChI is InChI=1S/C28H28N2O4/c1-16-8-11-21(19(4)13-16)25-26(29-22-12-10-20(33-5)15-24(22)34-6)28(32)30(27(25)31)23-14-17(2)7-9-18(23)3/h7-15,29H,1-6H3. The van der Waals surface area contributed by atoms with Gasteiger partial charge in [0.2, 0.25) is 0 Å². The van der Waals surface area contributed by atoms with Crippen LogP contribution in [0.3, 0.4) is 0 Å². The predicted octanol–water partition coefficient (Wildman–Crippen LogP) is 5.33. The molecule has 1 heterocycles. The maximum Gasteiger partial charge on any atom is 0.282 e. The molecular weight excluding hydrogens is 428 g/mol. The maximum absolute atomic E-state index is 13.8. The van der Waals surface area contributed by atoms with Gasteiger partial charge in [-0.1, -0.05) is 35.9 Å². The molecule has 6 nitrogen and oxygen atoms in total. The number of hydrogen-bond acceptors (Lipinski definition) is 5. The average molecular weight is 457 g/mol. The Morgan fingerprint density at radius 2 is 1.44 bits per heavy atom. The molecule has 0 fully saturated rings. The minimum absolute atomic E-state index is 0.210. The van der Waals surface area contributed by atoms with E-state index in [2.05, 4.69) is 5.32 Å². The van der Waals surface area contributed by atoms with Crippen LogP contribution in [0.25, 0.3) is 5.57 Å². The Labute approximate surface area is 199 Å². The molecule has 0 atom stereocenters. The molecule has 0 aliphatic carbocycles. The number of carbonyl (C=O) groups excluding carboxylic acids is 2. The van der Waals surface area contributed by atoms with Crippen molar-refractivity contribution in [1.82, 2.24) is 0 Å². The molecule has 0 bridgehead atoms. The summed E-state index contributed by atoms with van der Waals surface area (Å²) in [5.74, 6) is 0.348. The number of nitrogens with one attached hydrogen (secondary N) is 1. The molecule has 4 rings (SSSR count). The molecule has 174 valence electrons. The van der Waals surface area contributed by atoms with Crippen LogP contribution >= 0.6 is 0 Å². The van der Waals surface area contributed by atoms with Crippen LogP contribution in [0, 0.1) is 27.7 Å². The molecule has 6 heteroatoms. The van der Waals surface area contributed by atoms with Crippen molar-refractivity contribution in [2.75, 3.05) is 24.4 Å². The molecule has 0 unspecified atom stereocenters. The van der Waals surface area contributed by atoms with Gasteiger partial charge in [-0.25, -0.2) is 4.90 Å². The van der Waals surface area contributed by atoms with E-state index in [1.807, 2.05) is 64.1 Å². The van der Waals surface area contributed by atoms with Crippen LogP contribution in [0.2, 0.25) is 0 Å². The van der Waals surface area contributed by atoms with Gasteiger partial charge in [-0.05, 0) is 68.1 Å². The molecule has 1 aliphatic rings. The zero-order valence-corrected chi connectivity index (χ0v) is 20.3. The van der Waals surface area contributed by atoms with Crippen LogP contribution in [0.15, 0.2) is 60.3 Å². The molecule has 3 aromatic carbocycles. The number of hydrogen-bond donors (Lipinski definition) is 1.